The second kappa shape index (κ2) is 9.14. The summed E-state index contributed by atoms with van der Waals surface area (Å²) in [5, 5.41) is 2.68. The minimum absolute atomic E-state index is 0.00115. The molecule has 8 nitrogen and oxygen atoms in total. The molecule has 2 saturated heterocycles. The van der Waals surface area contributed by atoms with Gasteiger partial charge in [-0.25, -0.2) is 13.2 Å². The summed E-state index contributed by atoms with van der Waals surface area (Å²) >= 11 is 0. The molecule has 0 aromatic rings. The van der Waals surface area contributed by atoms with E-state index >= 15 is 0 Å². The van der Waals surface area contributed by atoms with Gasteiger partial charge in [0.1, 0.15) is 0 Å². The molecule has 0 aromatic carbocycles. The number of carbonyl (C=O) groups excluding carboxylic acids is 2. The predicted molar refractivity (Wildman–Crippen MR) is 94.3 cm³/mol. The van der Waals surface area contributed by atoms with E-state index in [0.717, 1.165) is 12.8 Å². The van der Waals surface area contributed by atoms with Crippen LogP contribution < -0.4 is 5.32 Å². The lowest BCUT2D eigenvalue weighted by Crippen LogP contribution is -2.47. The lowest BCUT2D eigenvalue weighted by molar-refractivity contribution is -0.170. The third-order valence-electron chi connectivity index (χ3n) is 4.57. The molecule has 26 heavy (non-hydrogen) atoms. The van der Waals surface area contributed by atoms with Gasteiger partial charge in [0.05, 0.1) is 24.2 Å². The van der Waals surface area contributed by atoms with E-state index in [1.807, 2.05) is 0 Å². The highest BCUT2D eigenvalue weighted by Gasteiger charge is 2.34. The first-order chi connectivity index (χ1) is 12.2. The topological polar surface area (TPSA) is 108 Å². The van der Waals surface area contributed by atoms with Crippen molar-refractivity contribution in [1.82, 2.24) is 5.32 Å². The van der Waals surface area contributed by atoms with Gasteiger partial charge < -0.3 is 19.5 Å². The molecule has 2 fully saturated rings. The minimum Gasteiger partial charge on any atom is -0.450 e. The molecule has 2 heterocycles. The van der Waals surface area contributed by atoms with Gasteiger partial charge in [0.2, 0.25) is 0 Å². The van der Waals surface area contributed by atoms with E-state index in [2.05, 4.69) is 5.32 Å². The third-order valence-corrected chi connectivity index (χ3v) is 6.34. The predicted octanol–water partition coefficient (Wildman–Crippen LogP) is 0.442. The summed E-state index contributed by atoms with van der Waals surface area (Å²) in [5.41, 5.74) is 0. The summed E-state index contributed by atoms with van der Waals surface area (Å²) in [4.78, 5) is 24.7. The van der Waals surface area contributed by atoms with Crippen LogP contribution in [0, 0.1) is 5.92 Å². The Morgan fingerprint density at radius 1 is 1.23 bits per heavy atom. The van der Waals surface area contributed by atoms with Gasteiger partial charge in [-0.05, 0) is 32.1 Å². The highest BCUT2D eigenvalue weighted by molar-refractivity contribution is 7.91. The first-order valence-corrected chi connectivity index (χ1v) is 10.9. The second-order valence-electron chi connectivity index (χ2n) is 7.32. The molecule has 0 spiro atoms. The lowest BCUT2D eigenvalue weighted by atomic mass is 10.1. The van der Waals surface area contributed by atoms with Crippen LogP contribution in [0.2, 0.25) is 0 Å². The van der Waals surface area contributed by atoms with Crippen LogP contribution in [0.25, 0.3) is 0 Å². The maximum Gasteiger partial charge on any atom is 0.335 e. The highest BCUT2D eigenvalue weighted by atomic mass is 32.2. The second-order valence-corrected chi connectivity index (χ2v) is 9.55. The molecule has 2 rings (SSSR count). The molecule has 4 unspecified atom stereocenters. The molecule has 2 aliphatic rings. The van der Waals surface area contributed by atoms with Crippen molar-refractivity contribution in [2.45, 2.75) is 64.4 Å². The normalized spacial score (nSPS) is 27.2. The first kappa shape index (κ1) is 21.1. The molecule has 1 amide bonds. The Labute approximate surface area is 154 Å². The van der Waals surface area contributed by atoms with Crippen LogP contribution >= 0.6 is 0 Å². The summed E-state index contributed by atoms with van der Waals surface area (Å²) in [6.07, 6.45) is 0.481. The Morgan fingerprint density at radius 2 is 1.96 bits per heavy atom. The fraction of sp³-hybridized carbons (Fsp3) is 0.882. The smallest absolute Gasteiger partial charge is 0.335 e. The number of carbonyl (C=O) groups is 2. The van der Waals surface area contributed by atoms with Crippen LogP contribution in [0.1, 0.15) is 40.0 Å². The SMILES string of the molecule is CC(OCC1CCCO1)C(=O)OC(C(=O)NC1CCS(=O)(=O)C1)C(C)C. The number of hydrogen-bond donors (Lipinski definition) is 1. The Bertz CT molecular complexity index is 598. The Hall–Kier alpha value is -1.19. The lowest BCUT2D eigenvalue weighted by Gasteiger charge is -2.24. The van der Waals surface area contributed by atoms with E-state index in [-0.39, 0.29) is 23.5 Å². The largest absolute Gasteiger partial charge is 0.450 e. The van der Waals surface area contributed by atoms with Gasteiger partial charge >= 0.3 is 5.97 Å². The van der Waals surface area contributed by atoms with E-state index in [1.54, 1.807) is 20.8 Å². The Balaban J connectivity index is 1.83. The molecule has 0 aromatic heterocycles. The molecule has 0 radical (unpaired) electrons. The van der Waals surface area contributed by atoms with E-state index in [0.29, 0.717) is 19.6 Å². The molecular weight excluding hydrogens is 362 g/mol. The van der Waals surface area contributed by atoms with Gasteiger partial charge in [-0.15, -0.1) is 0 Å². The van der Waals surface area contributed by atoms with Gasteiger partial charge in [0.25, 0.3) is 5.91 Å². The summed E-state index contributed by atoms with van der Waals surface area (Å²) < 4.78 is 39.3. The number of ether oxygens (including phenoxy) is 3. The third kappa shape index (κ3) is 6.21. The number of sulfone groups is 1. The summed E-state index contributed by atoms with van der Waals surface area (Å²) in [6, 6.07) is -0.430. The van der Waals surface area contributed by atoms with Crippen molar-refractivity contribution >= 4 is 21.7 Å². The monoisotopic (exact) mass is 391 g/mol. The number of amides is 1. The van der Waals surface area contributed by atoms with Crippen LogP contribution in [0.3, 0.4) is 0 Å². The maximum atomic E-state index is 12.4. The summed E-state index contributed by atoms with van der Waals surface area (Å²) in [7, 11) is -3.09. The summed E-state index contributed by atoms with van der Waals surface area (Å²) in [5.74, 6) is -1.34. The zero-order valence-electron chi connectivity index (χ0n) is 15.6. The van der Waals surface area contributed by atoms with E-state index in [4.69, 9.17) is 14.2 Å². The van der Waals surface area contributed by atoms with Gasteiger partial charge in [-0.1, -0.05) is 13.8 Å². The number of nitrogens with one attached hydrogen (secondary N) is 1. The molecule has 0 aliphatic carbocycles. The van der Waals surface area contributed by atoms with Gasteiger partial charge in [-0.2, -0.15) is 0 Å². The van der Waals surface area contributed by atoms with Crippen molar-refractivity contribution < 1.29 is 32.2 Å². The number of rotatable bonds is 8. The molecule has 1 N–H and O–H groups in total. The van der Waals surface area contributed by atoms with Gasteiger partial charge in [0, 0.05) is 12.6 Å². The average Bonchev–Trinajstić information content (AvgIpc) is 3.18. The number of hydrogen-bond acceptors (Lipinski definition) is 7. The Morgan fingerprint density at radius 3 is 2.50 bits per heavy atom. The average molecular weight is 391 g/mol. The Kier molecular flexibility index (Phi) is 7.42. The number of esters is 1. The van der Waals surface area contributed by atoms with Crippen molar-refractivity contribution in [3.05, 3.63) is 0 Å². The van der Waals surface area contributed by atoms with Crippen LogP contribution in [0.15, 0.2) is 0 Å². The van der Waals surface area contributed by atoms with Crippen LogP contribution in [0.4, 0.5) is 0 Å². The summed E-state index contributed by atoms with van der Waals surface area (Å²) in [6.45, 7) is 6.13. The van der Waals surface area contributed by atoms with Crippen molar-refractivity contribution in [2.75, 3.05) is 24.7 Å². The standard InChI is InChI=1S/C17H29NO7S/c1-11(2)15(16(19)18-13-6-8-26(21,22)10-13)25-17(20)12(3)24-9-14-5-4-7-23-14/h11-15H,4-10H2,1-3H3,(H,18,19). The quantitative estimate of drug-likeness (QED) is 0.598. The molecule has 4 atom stereocenters. The van der Waals surface area contributed by atoms with E-state index in [1.165, 1.54) is 0 Å². The fourth-order valence-electron chi connectivity index (χ4n) is 3.00. The van der Waals surface area contributed by atoms with Gasteiger partial charge in [0.15, 0.2) is 22.0 Å². The first-order valence-electron chi connectivity index (χ1n) is 9.12. The minimum atomic E-state index is -3.09. The highest BCUT2D eigenvalue weighted by Crippen LogP contribution is 2.16. The maximum absolute atomic E-state index is 12.4. The molecule has 0 bridgehead atoms. The molecular formula is C17H29NO7S. The fourth-order valence-corrected chi connectivity index (χ4v) is 4.67. The van der Waals surface area contributed by atoms with Crippen molar-refractivity contribution in [1.29, 1.82) is 0 Å². The zero-order chi connectivity index (χ0) is 19.3. The molecule has 150 valence electrons. The van der Waals surface area contributed by atoms with E-state index < -0.39 is 40.0 Å². The van der Waals surface area contributed by atoms with Crippen molar-refractivity contribution in [3.63, 3.8) is 0 Å². The van der Waals surface area contributed by atoms with Gasteiger partial charge in [-0.3, -0.25) is 4.79 Å². The van der Waals surface area contributed by atoms with Crippen molar-refractivity contribution in [3.8, 4) is 0 Å². The van der Waals surface area contributed by atoms with E-state index in [9.17, 15) is 18.0 Å². The van der Waals surface area contributed by atoms with Crippen molar-refractivity contribution in [2.24, 2.45) is 5.92 Å². The molecule has 9 heteroatoms. The molecule has 0 saturated carbocycles. The zero-order valence-corrected chi connectivity index (χ0v) is 16.4. The van der Waals surface area contributed by atoms with Crippen LogP contribution in [-0.2, 0) is 33.6 Å². The van der Waals surface area contributed by atoms with Crippen LogP contribution in [-0.4, -0.2) is 69.4 Å². The molecule has 2 aliphatic heterocycles. The van der Waals surface area contributed by atoms with Crippen LogP contribution in [0.5, 0.6) is 0 Å².